The van der Waals surface area contributed by atoms with Gasteiger partial charge in [-0.15, -0.1) is 0 Å². The summed E-state index contributed by atoms with van der Waals surface area (Å²) in [5.74, 6) is -1.38. The van der Waals surface area contributed by atoms with Crippen LogP contribution in [-0.4, -0.2) is 22.3 Å². The minimum Gasteiger partial charge on any atom is -0.480 e. The number of hydroxylamine groups is 1. The molecule has 4 nitrogen and oxygen atoms in total. The van der Waals surface area contributed by atoms with E-state index >= 15 is 0 Å². The Morgan fingerprint density at radius 2 is 1.80 bits per heavy atom. The largest absolute Gasteiger partial charge is 0.480 e. The first-order valence-corrected chi connectivity index (χ1v) is 6.16. The molecule has 1 aliphatic heterocycles. The summed E-state index contributed by atoms with van der Waals surface area (Å²) in [6, 6.07) is 10.4. The molecule has 0 spiro atoms. The first-order valence-electron chi connectivity index (χ1n) is 6.16. The Hall–Kier alpha value is -2.40. The topological polar surface area (TPSA) is 60.8 Å². The predicted molar refractivity (Wildman–Crippen MR) is 71.2 cm³/mol. The molecule has 1 unspecified atom stereocenters. The van der Waals surface area contributed by atoms with E-state index in [-0.39, 0.29) is 12.2 Å². The highest BCUT2D eigenvalue weighted by molar-refractivity contribution is 5.83. The molecule has 0 saturated heterocycles. The van der Waals surface area contributed by atoms with Crippen LogP contribution >= 0.6 is 0 Å². The number of carbonyl (C=O) groups is 1. The molecule has 3 rings (SSSR count). The van der Waals surface area contributed by atoms with Gasteiger partial charge in [0.2, 0.25) is 0 Å². The smallest absolute Gasteiger partial charge is 0.329 e. The van der Waals surface area contributed by atoms with Crippen molar-refractivity contribution in [3.05, 3.63) is 53.8 Å². The Morgan fingerprint density at radius 3 is 2.45 bits per heavy atom. The first-order chi connectivity index (χ1) is 9.56. The van der Waals surface area contributed by atoms with Crippen molar-refractivity contribution < 1.29 is 19.5 Å². The number of hydrogen-bond donors (Lipinski definition) is 2. The monoisotopic (exact) mass is 273 g/mol. The third-order valence-electron chi connectivity index (χ3n) is 3.50. The lowest BCUT2D eigenvalue weighted by Gasteiger charge is -2.16. The van der Waals surface area contributed by atoms with Gasteiger partial charge < -0.3 is 5.11 Å². The summed E-state index contributed by atoms with van der Waals surface area (Å²) in [6.45, 7) is 0. The van der Waals surface area contributed by atoms with Crippen LogP contribution in [0.1, 0.15) is 5.56 Å². The Bertz CT molecular complexity index is 669. The number of benzene rings is 2. The van der Waals surface area contributed by atoms with Crippen LogP contribution in [0.25, 0.3) is 11.1 Å². The lowest BCUT2D eigenvalue weighted by molar-refractivity contribution is -0.139. The quantitative estimate of drug-likeness (QED) is 0.883. The molecule has 2 aromatic carbocycles. The number of hydrogen-bond acceptors (Lipinski definition) is 3. The molecule has 2 aromatic rings. The molecule has 1 atom stereocenters. The fourth-order valence-electron chi connectivity index (χ4n) is 2.43. The zero-order chi connectivity index (χ0) is 14.3. The van der Waals surface area contributed by atoms with Gasteiger partial charge in [-0.2, -0.15) is 0 Å². The summed E-state index contributed by atoms with van der Waals surface area (Å²) < 4.78 is 12.9. The van der Waals surface area contributed by atoms with Gasteiger partial charge in [0.25, 0.3) is 0 Å². The van der Waals surface area contributed by atoms with E-state index < -0.39 is 12.0 Å². The third-order valence-corrected chi connectivity index (χ3v) is 3.50. The number of carboxylic acid groups (broad SMARTS) is 1. The lowest BCUT2D eigenvalue weighted by atomic mass is 10.0. The fraction of sp³-hybridized carbons (Fsp3) is 0.133. The van der Waals surface area contributed by atoms with E-state index in [9.17, 15) is 14.4 Å². The van der Waals surface area contributed by atoms with Crippen LogP contribution in [0.3, 0.4) is 0 Å². The molecule has 0 fully saturated rings. The molecule has 0 aliphatic carbocycles. The van der Waals surface area contributed by atoms with Gasteiger partial charge in [0.05, 0.1) is 5.69 Å². The predicted octanol–water partition coefficient (Wildman–Crippen LogP) is 2.70. The average Bonchev–Trinajstić information content (AvgIpc) is 2.77. The molecule has 1 heterocycles. The van der Waals surface area contributed by atoms with Gasteiger partial charge >= 0.3 is 5.97 Å². The van der Waals surface area contributed by atoms with Gasteiger partial charge in [-0.25, -0.2) is 14.2 Å². The first kappa shape index (κ1) is 12.6. The standard InChI is InChI=1S/C15H12FNO3/c16-12-5-3-9(4-6-12)10-1-2-11-8-14(15(18)19)17(20)13(11)7-10/h1-7,14,20H,8H2,(H,18,19). The third kappa shape index (κ3) is 2.02. The number of aliphatic carboxylic acids is 1. The minimum absolute atomic E-state index is 0.269. The van der Waals surface area contributed by atoms with E-state index in [1.165, 1.54) is 12.1 Å². The highest BCUT2D eigenvalue weighted by Crippen LogP contribution is 2.34. The molecule has 0 radical (unpaired) electrons. The Kier molecular flexibility index (Phi) is 2.91. The normalized spacial score (nSPS) is 17.1. The molecule has 20 heavy (non-hydrogen) atoms. The van der Waals surface area contributed by atoms with Crippen LogP contribution in [-0.2, 0) is 11.2 Å². The van der Waals surface area contributed by atoms with Crippen LogP contribution in [0.15, 0.2) is 42.5 Å². The van der Waals surface area contributed by atoms with E-state index in [1.54, 1.807) is 24.3 Å². The second kappa shape index (κ2) is 4.61. The van der Waals surface area contributed by atoms with E-state index in [2.05, 4.69) is 0 Å². The van der Waals surface area contributed by atoms with Crippen molar-refractivity contribution in [1.82, 2.24) is 0 Å². The van der Waals surface area contributed by atoms with Crippen molar-refractivity contribution in [2.24, 2.45) is 0 Å². The molecule has 102 valence electrons. The maximum absolute atomic E-state index is 12.9. The van der Waals surface area contributed by atoms with Gasteiger partial charge in [-0.05, 0) is 34.9 Å². The molecule has 0 saturated carbocycles. The van der Waals surface area contributed by atoms with Crippen LogP contribution < -0.4 is 5.06 Å². The Morgan fingerprint density at radius 1 is 1.15 bits per heavy atom. The molecule has 2 N–H and O–H groups in total. The van der Waals surface area contributed by atoms with Gasteiger partial charge in [0, 0.05) is 6.42 Å². The minimum atomic E-state index is -1.06. The summed E-state index contributed by atoms with van der Waals surface area (Å²) in [6.07, 6.45) is 0.269. The zero-order valence-electron chi connectivity index (χ0n) is 10.5. The molecular formula is C15H12FNO3. The lowest BCUT2D eigenvalue weighted by Crippen LogP contribution is -2.35. The SMILES string of the molecule is O=C(O)C1Cc2ccc(-c3ccc(F)cc3)cc2N1O. The molecule has 5 heteroatoms. The van der Waals surface area contributed by atoms with Gasteiger partial charge in [-0.3, -0.25) is 5.21 Å². The molecule has 0 aromatic heterocycles. The molecule has 0 amide bonds. The highest BCUT2D eigenvalue weighted by Gasteiger charge is 2.33. The number of rotatable bonds is 2. The van der Waals surface area contributed by atoms with Crippen LogP contribution in [0.4, 0.5) is 10.1 Å². The van der Waals surface area contributed by atoms with E-state index in [0.29, 0.717) is 5.69 Å². The maximum atomic E-state index is 12.9. The molecule has 0 bridgehead atoms. The van der Waals surface area contributed by atoms with Crippen molar-refractivity contribution in [2.45, 2.75) is 12.5 Å². The molecule has 1 aliphatic rings. The van der Waals surface area contributed by atoms with E-state index in [0.717, 1.165) is 21.8 Å². The number of halogens is 1. The Labute approximate surface area is 114 Å². The summed E-state index contributed by atoms with van der Waals surface area (Å²) in [4.78, 5) is 11.0. The number of nitrogens with zero attached hydrogens (tertiary/aromatic N) is 1. The van der Waals surface area contributed by atoms with Crippen molar-refractivity contribution in [1.29, 1.82) is 0 Å². The van der Waals surface area contributed by atoms with E-state index in [1.807, 2.05) is 6.07 Å². The summed E-state index contributed by atoms with van der Waals surface area (Å²) >= 11 is 0. The van der Waals surface area contributed by atoms with Crippen molar-refractivity contribution in [3.8, 4) is 11.1 Å². The average molecular weight is 273 g/mol. The maximum Gasteiger partial charge on any atom is 0.329 e. The fourth-order valence-corrected chi connectivity index (χ4v) is 2.43. The van der Waals surface area contributed by atoms with Crippen LogP contribution in [0.5, 0.6) is 0 Å². The second-order valence-electron chi connectivity index (χ2n) is 4.75. The summed E-state index contributed by atoms with van der Waals surface area (Å²) in [5.41, 5.74) is 2.88. The van der Waals surface area contributed by atoms with Crippen LogP contribution in [0, 0.1) is 5.82 Å². The van der Waals surface area contributed by atoms with Gasteiger partial charge in [-0.1, -0.05) is 24.3 Å². The molecular weight excluding hydrogens is 261 g/mol. The number of carboxylic acids is 1. The number of fused-ring (bicyclic) bond motifs is 1. The Balaban J connectivity index is 1.99. The van der Waals surface area contributed by atoms with Crippen LogP contribution in [0.2, 0.25) is 0 Å². The second-order valence-corrected chi connectivity index (χ2v) is 4.75. The van der Waals surface area contributed by atoms with Gasteiger partial charge in [0.15, 0.2) is 6.04 Å². The van der Waals surface area contributed by atoms with Crippen molar-refractivity contribution in [3.63, 3.8) is 0 Å². The van der Waals surface area contributed by atoms with Gasteiger partial charge in [0.1, 0.15) is 5.82 Å². The number of anilines is 1. The highest BCUT2D eigenvalue weighted by atomic mass is 19.1. The van der Waals surface area contributed by atoms with E-state index in [4.69, 9.17) is 5.11 Å². The summed E-state index contributed by atoms with van der Waals surface area (Å²) in [7, 11) is 0. The van der Waals surface area contributed by atoms with Crippen molar-refractivity contribution in [2.75, 3.05) is 5.06 Å². The summed E-state index contributed by atoms with van der Waals surface area (Å²) in [5, 5.41) is 19.7. The van der Waals surface area contributed by atoms with Crippen molar-refractivity contribution >= 4 is 11.7 Å². The zero-order valence-corrected chi connectivity index (χ0v) is 10.5.